The summed E-state index contributed by atoms with van der Waals surface area (Å²) in [5, 5.41) is 3.79. The van der Waals surface area contributed by atoms with Crippen molar-refractivity contribution in [2.24, 2.45) is 0 Å². The molecule has 0 spiro atoms. The number of carbonyl (C=O) groups excluding carboxylic acids is 1. The van der Waals surface area contributed by atoms with Crippen molar-refractivity contribution >= 4 is 15.9 Å². The Morgan fingerprint density at radius 1 is 1.23 bits per heavy atom. The van der Waals surface area contributed by atoms with E-state index in [0.29, 0.717) is 42.9 Å². The second-order valence-electron chi connectivity index (χ2n) is 6.34. The van der Waals surface area contributed by atoms with Crippen LogP contribution < -0.4 is 4.72 Å². The molecule has 1 aliphatic heterocycles. The van der Waals surface area contributed by atoms with Crippen LogP contribution in [0.15, 0.2) is 33.7 Å². The van der Waals surface area contributed by atoms with Crippen LogP contribution in [0.2, 0.25) is 0 Å². The van der Waals surface area contributed by atoms with E-state index in [4.69, 9.17) is 4.52 Å². The molecule has 1 amide bonds. The molecule has 0 atom stereocenters. The van der Waals surface area contributed by atoms with Crippen LogP contribution in [-0.2, 0) is 10.0 Å². The summed E-state index contributed by atoms with van der Waals surface area (Å²) in [7, 11) is -3.72. The third kappa shape index (κ3) is 3.78. The van der Waals surface area contributed by atoms with Crippen LogP contribution in [-0.4, -0.2) is 43.5 Å². The molecule has 3 rings (SSSR count). The van der Waals surface area contributed by atoms with Gasteiger partial charge in [-0.3, -0.25) is 4.79 Å². The Kier molecular flexibility index (Phi) is 5.10. The van der Waals surface area contributed by atoms with Crippen molar-refractivity contribution in [3.8, 4) is 0 Å². The average molecular weight is 381 g/mol. The predicted molar refractivity (Wildman–Crippen MR) is 91.6 cm³/mol. The molecular formula is C17H20FN3O4S. The minimum Gasteiger partial charge on any atom is -0.361 e. The summed E-state index contributed by atoms with van der Waals surface area (Å²) in [6.45, 7) is 4.27. The quantitative estimate of drug-likeness (QED) is 0.875. The third-order valence-electron chi connectivity index (χ3n) is 4.48. The highest BCUT2D eigenvalue weighted by Crippen LogP contribution is 2.20. The predicted octanol–water partition coefficient (Wildman–Crippen LogP) is 2.01. The summed E-state index contributed by atoms with van der Waals surface area (Å²) in [4.78, 5) is 14.3. The first-order valence-corrected chi connectivity index (χ1v) is 9.76. The maximum absolute atomic E-state index is 13.0. The monoisotopic (exact) mass is 381 g/mol. The highest BCUT2D eigenvalue weighted by molar-refractivity contribution is 7.89. The van der Waals surface area contributed by atoms with Gasteiger partial charge in [-0.2, -0.15) is 0 Å². The fourth-order valence-electron chi connectivity index (χ4n) is 3.05. The molecule has 140 valence electrons. The van der Waals surface area contributed by atoms with Gasteiger partial charge in [-0.05, 0) is 51.0 Å². The first-order valence-electron chi connectivity index (χ1n) is 8.28. The summed E-state index contributed by atoms with van der Waals surface area (Å²) < 4.78 is 45.4. The molecule has 2 heterocycles. The number of nitrogens with one attached hydrogen (secondary N) is 1. The first-order chi connectivity index (χ1) is 12.3. The molecule has 1 N–H and O–H groups in total. The maximum Gasteiger partial charge on any atom is 0.259 e. The van der Waals surface area contributed by atoms with E-state index in [0.717, 1.165) is 12.1 Å². The number of benzene rings is 1. The number of piperidine rings is 1. The highest BCUT2D eigenvalue weighted by Gasteiger charge is 2.29. The lowest BCUT2D eigenvalue weighted by Crippen LogP contribution is -2.46. The second-order valence-corrected chi connectivity index (χ2v) is 8.05. The third-order valence-corrected chi connectivity index (χ3v) is 6.01. The molecule has 26 heavy (non-hydrogen) atoms. The van der Waals surface area contributed by atoms with Gasteiger partial charge >= 0.3 is 0 Å². The van der Waals surface area contributed by atoms with Crippen molar-refractivity contribution in [2.45, 2.75) is 37.6 Å². The Morgan fingerprint density at radius 3 is 2.38 bits per heavy atom. The smallest absolute Gasteiger partial charge is 0.259 e. The minimum absolute atomic E-state index is 0.0214. The molecule has 2 aromatic rings. The highest BCUT2D eigenvalue weighted by atomic mass is 32.2. The van der Waals surface area contributed by atoms with Gasteiger partial charge in [-0.25, -0.2) is 17.5 Å². The largest absolute Gasteiger partial charge is 0.361 e. The van der Waals surface area contributed by atoms with Gasteiger partial charge in [0.1, 0.15) is 17.1 Å². The molecule has 0 unspecified atom stereocenters. The average Bonchev–Trinajstić information content (AvgIpc) is 2.93. The summed E-state index contributed by atoms with van der Waals surface area (Å²) in [6, 6.07) is 4.40. The van der Waals surface area contributed by atoms with Gasteiger partial charge in [-0.1, -0.05) is 5.16 Å². The normalized spacial score (nSPS) is 16.0. The van der Waals surface area contributed by atoms with Crippen LogP contribution in [0.5, 0.6) is 0 Å². The zero-order valence-electron chi connectivity index (χ0n) is 14.5. The molecule has 0 radical (unpaired) electrons. The molecule has 7 nitrogen and oxygen atoms in total. The number of likely N-dealkylation sites (tertiary alicyclic amines) is 1. The standard InChI is InChI=1S/C17H20FN3O4S/c1-11-16(12(2)25-19-11)17(22)21-9-7-14(8-10-21)20-26(23,24)15-5-3-13(18)4-6-15/h3-6,14,20H,7-10H2,1-2H3. The van der Waals surface area contributed by atoms with Crippen molar-refractivity contribution < 1.29 is 22.1 Å². The Hall–Kier alpha value is -2.26. The number of sulfonamides is 1. The zero-order valence-corrected chi connectivity index (χ0v) is 15.3. The van der Waals surface area contributed by atoms with Crippen LogP contribution in [0, 0.1) is 19.7 Å². The van der Waals surface area contributed by atoms with E-state index >= 15 is 0 Å². The van der Waals surface area contributed by atoms with Crippen LogP contribution in [0.3, 0.4) is 0 Å². The van der Waals surface area contributed by atoms with E-state index in [-0.39, 0.29) is 16.8 Å². The lowest BCUT2D eigenvalue weighted by molar-refractivity contribution is 0.0709. The lowest BCUT2D eigenvalue weighted by atomic mass is 10.0. The summed E-state index contributed by atoms with van der Waals surface area (Å²) in [5.74, 6) is -0.164. The van der Waals surface area contributed by atoms with Crippen molar-refractivity contribution in [3.05, 3.63) is 47.1 Å². The van der Waals surface area contributed by atoms with Gasteiger partial charge in [0.05, 0.1) is 10.6 Å². The van der Waals surface area contributed by atoms with E-state index in [1.165, 1.54) is 12.1 Å². The van der Waals surface area contributed by atoms with Gasteiger partial charge in [0.2, 0.25) is 10.0 Å². The molecule has 0 saturated carbocycles. The number of amides is 1. The molecule has 0 aliphatic carbocycles. The summed E-state index contributed by atoms with van der Waals surface area (Å²) >= 11 is 0. The topological polar surface area (TPSA) is 92.5 Å². The molecular weight excluding hydrogens is 361 g/mol. The molecule has 1 aromatic heterocycles. The minimum atomic E-state index is -3.72. The van der Waals surface area contributed by atoms with Crippen LogP contribution in [0.4, 0.5) is 4.39 Å². The number of aromatic nitrogens is 1. The number of halogens is 1. The number of hydrogen-bond donors (Lipinski definition) is 1. The van der Waals surface area contributed by atoms with Crippen molar-refractivity contribution in [2.75, 3.05) is 13.1 Å². The van der Waals surface area contributed by atoms with E-state index in [1.54, 1.807) is 18.7 Å². The van der Waals surface area contributed by atoms with E-state index in [1.807, 2.05) is 0 Å². The number of nitrogens with zero attached hydrogens (tertiary/aromatic N) is 2. The van der Waals surface area contributed by atoms with E-state index in [9.17, 15) is 17.6 Å². The molecule has 9 heteroatoms. The number of rotatable bonds is 4. The van der Waals surface area contributed by atoms with Crippen LogP contribution in [0.1, 0.15) is 34.7 Å². The van der Waals surface area contributed by atoms with Gasteiger partial charge < -0.3 is 9.42 Å². The van der Waals surface area contributed by atoms with Crippen LogP contribution in [0.25, 0.3) is 0 Å². The molecule has 1 aromatic carbocycles. The van der Waals surface area contributed by atoms with Crippen molar-refractivity contribution in [1.29, 1.82) is 0 Å². The van der Waals surface area contributed by atoms with E-state index < -0.39 is 15.8 Å². The number of carbonyl (C=O) groups is 1. The van der Waals surface area contributed by atoms with Crippen molar-refractivity contribution in [3.63, 3.8) is 0 Å². The van der Waals surface area contributed by atoms with E-state index in [2.05, 4.69) is 9.88 Å². The van der Waals surface area contributed by atoms with Crippen LogP contribution >= 0.6 is 0 Å². The Morgan fingerprint density at radius 2 is 1.85 bits per heavy atom. The Labute approximate surface area is 151 Å². The molecule has 1 aliphatic rings. The van der Waals surface area contributed by atoms with Gasteiger partial charge in [0.15, 0.2) is 0 Å². The molecule has 1 saturated heterocycles. The summed E-state index contributed by atoms with van der Waals surface area (Å²) in [5.41, 5.74) is 1.02. The number of aryl methyl sites for hydroxylation is 2. The van der Waals surface area contributed by atoms with Gasteiger partial charge in [0, 0.05) is 19.1 Å². The summed E-state index contributed by atoms with van der Waals surface area (Å²) in [6.07, 6.45) is 0.991. The van der Waals surface area contributed by atoms with Gasteiger partial charge in [0.25, 0.3) is 5.91 Å². The molecule has 0 bridgehead atoms. The van der Waals surface area contributed by atoms with Gasteiger partial charge in [-0.15, -0.1) is 0 Å². The number of hydrogen-bond acceptors (Lipinski definition) is 5. The lowest BCUT2D eigenvalue weighted by Gasteiger charge is -2.32. The molecule has 1 fully saturated rings. The Bertz CT molecular complexity index is 881. The second kappa shape index (κ2) is 7.16. The van der Waals surface area contributed by atoms with Crippen molar-refractivity contribution in [1.82, 2.24) is 14.8 Å². The Balaban J connectivity index is 1.62. The maximum atomic E-state index is 13.0. The SMILES string of the molecule is Cc1noc(C)c1C(=O)N1CCC(NS(=O)(=O)c2ccc(F)cc2)CC1. The fraction of sp³-hybridized carbons (Fsp3) is 0.412. The first kappa shape index (κ1) is 18.5. The zero-order chi connectivity index (χ0) is 18.9. The fourth-order valence-corrected chi connectivity index (χ4v) is 4.35.